The first kappa shape index (κ1) is 19.7. The Morgan fingerprint density at radius 1 is 1.11 bits per heavy atom. The number of hydrogen-bond acceptors (Lipinski definition) is 4. The van der Waals surface area contributed by atoms with E-state index in [1.165, 1.54) is 0 Å². The summed E-state index contributed by atoms with van der Waals surface area (Å²) in [6.45, 7) is 0.779. The Bertz CT molecular complexity index is 960. The van der Waals surface area contributed by atoms with Crippen molar-refractivity contribution in [2.24, 2.45) is 0 Å². The topological polar surface area (TPSA) is 54.5 Å². The molecule has 28 heavy (non-hydrogen) atoms. The summed E-state index contributed by atoms with van der Waals surface area (Å²) < 4.78 is 5.80. The van der Waals surface area contributed by atoms with Gasteiger partial charge in [-0.25, -0.2) is 4.98 Å². The van der Waals surface area contributed by atoms with Crippen molar-refractivity contribution in [2.45, 2.75) is 13.2 Å². The molecule has 1 amide bonds. The summed E-state index contributed by atoms with van der Waals surface area (Å²) in [6.07, 6.45) is 1.74. The van der Waals surface area contributed by atoms with Crippen molar-refractivity contribution in [1.29, 1.82) is 0 Å². The molecule has 5 nitrogen and oxygen atoms in total. The molecule has 0 aliphatic carbocycles. The highest BCUT2D eigenvalue weighted by molar-refractivity contribution is 6.30. The fraction of sp³-hybridized carbons (Fsp3) is 0.182. The van der Waals surface area contributed by atoms with Crippen LogP contribution in [-0.4, -0.2) is 25.0 Å². The molecule has 144 valence electrons. The van der Waals surface area contributed by atoms with Crippen molar-refractivity contribution in [3.05, 3.63) is 88.6 Å². The number of carbonyl (C=O) groups excluding carboxylic acids is 1. The number of nitrogens with one attached hydrogen (secondary N) is 1. The van der Waals surface area contributed by atoms with Gasteiger partial charge in [0.15, 0.2) is 0 Å². The molecule has 3 aromatic rings. The van der Waals surface area contributed by atoms with Crippen LogP contribution in [0.4, 0.5) is 5.82 Å². The lowest BCUT2D eigenvalue weighted by Crippen LogP contribution is -2.24. The SMILES string of the molecule is CN(C)c1ncccc1CNC(=O)c1cccc(OCc2cccc(Cl)c2)c1. The van der Waals surface area contributed by atoms with Crippen molar-refractivity contribution >= 4 is 23.3 Å². The molecule has 0 spiro atoms. The summed E-state index contributed by atoms with van der Waals surface area (Å²) in [5.41, 5.74) is 2.46. The van der Waals surface area contributed by atoms with Crippen LogP contribution in [0.25, 0.3) is 0 Å². The Labute approximate surface area is 169 Å². The molecule has 6 heteroatoms. The Kier molecular flexibility index (Phi) is 6.50. The van der Waals surface area contributed by atoms with Gasteiger partial charge in [0.05, 0.1) is 0 Å². The molecule has 3 rings (SSSR count). The highest BCUT2D eigenvalue weighted by Gasteiger charge is 2.10. The maximum atomic E-state index is 12.6. The normalized spacial score (nSPS) is 10.4. The average Bonchev–Trinajstić information content (AvgIpc) is 2.71. The Morgan fingerprint density at radius 3 is 2.71 bits per heavy atom. The van der Waals surface area contributed by atoms with E-state index >= 15 is 0 Å². The van der Waals surface area contributed by atoms with Crippen LogP contribution in [0, 0.1) is 0 Å². The number of halogens is 1. The van der Waals surface area contributed by atoms with Crippen LogP contribution >= 0.6 is 11.6 Å². The van der Waals surface area contributed by atoms with Gasteiger partial charge in [-0.15, -0.1) is 0 Å². The zero-order valence-electron chi connectivity index (χ0n) is 15.9. The fourth-order valence-corrected chi connectivity index (χ4v) is 2.98. The second kappa shape index (κ2) is 9.24. The number of hydrogen-bond donors (Lipinski definition) is 1. The van der Waals surface area contributed by atoms with E-state index in [1.54, 1.807) is 24.4 Å². The minimum atomic E-state index is -0.165. The highest BCUT2D eigenvalue weighted by Crippen LogP contribution is 2.18. The summed E-state index contributed by atoms with van der Waals surface area (Å²) in [6, 6.07) is 18.4. The van der Waals surface area contributed by atoms with Gasteiger partial charge in [-0.2, -0.15) is 0 Å². The van der Waals surface area contributed by atoms with Crippen LogP contribution in [0.5, 0.6) is 5.75 Å². The zero-order valence-corrected chi connectivity index (χ0v) is 16.6. The monoisotopic (exact) mass is 395 g/mol. The minimum absolute atomic E-state index is 0.165. The predicted octanol–water partition coefficient (Wildman–Crippen LogP) is 4.31. The zero-order chi connectivity index (χ0) is 19.9. The number of amides is 1. The Balaban J connectivity index is 1.62. The van der Waals surface area contributed by atoms with Crippen molar-refractivity contribution in [3.63, 3.8) is 0 Å². The Morgan fingerprint density at radius 2 is 1.93 bits per heavy atom. The van der Waals surface area contributed by atoms with Crippen LogP contribution in [0.15, 0.2) is 66.9 Å². The third-order valence-electron chi connectivity index (χ3n) is 4.12. The molecule has 0 bridgehead atoms. The molecule has 1 aromatic heterocycles. The van der Waals surface area contributed by atoms with E-state index in [4.69, 9.17) is 16.3 Å². The fourth-order valence-electron chi connectivity index (χ4n) is 2.77. The van der Waals surface area contributed by atoms with E-state index in [9.17, 15) is 4.79 Å². The lowest BCUT2D eigenvalue weighted by Gasteiger charge is -2.16. The van der Waals surface area contributed by atoms with Crippen molar-refractivity contribution < 1.29 is 9.53 Å². The quantitative estimate of drug-likeness (QED) is 0.647. The molecule has 1 N–H and O–H groups in total. The molecular formula is C22H22ClN3O2. The number of carbonyl (C=O) groups is 1. The number of aromatic nitrogens is 1. The van der Waals surface area contributed by atoms with E-state index in [0.29, 0.717) is 29.5 Å². The standard InChI is InChI=1S/C22H22ClN3O2/c1-26(2)21-18(8-5-11-24-21)14-25-22(27)17-7-4-10-20(13-17)28-15-16-6-3-9-19(23)12-16/h3-13H,14-15H2,1-2H3,(H,25,27). The number of rotatable bonds is 7. The molecular weight excluding hydrogens is 374 g/mol. The summed E-state index contributed by atoms with van der Waals surface area (Å²) in [5, 5.41) is 3.61. The first-order valence-corrected chi connectivity index (χ1v) is 9.27. The van der Waals surface area contributed by atoms with Crippen molar-refractivity contribution in [2.75, 3.05) is 19.0 Å². The molecule has 0 saturated carbocycles. The van der Waals surface area contributed by atoms with Crippen LogP contribution in [0.2, 0.25) is 5.02 Å². The predicted molar refractivity (Wildman–Crippen MR) is 112 cm³/mol. The smallest absolute Gasteiger partial charge is 0.251 e. The lowest BCUT2D eigenvalue weighted by atomic mass is 10.2. The molecule has 2 aromatic carbocycles. The number of ether oxygens (including phenoxy) is 1. The van der Waals surface area contributed by atoms with Gasteiger partial charge in [-0.3, -0.25) is 4.79 Å². The van der Waals surface area contributed by atoms with Gasteiger partial charge in [-0.05, 0) is 42.0 Å². The maximum Gasteiger partial charge on any atom is 0.251 e. The minimum Gasteiger partial charge on any atom is -0.489 e. The summed E-state index contributed by atoms with van der Waals surface area (Å²) in [7, 11) is 3.85. The average molecular weight is 396 g/mol. The highest BCUT2D eigenvalue weighted by atomic mass is 35.5. The first-order valence-electron chi connectivity index (χ1n) is 8.89. The van der Waals surface area contributed by atoms with Crippen molar-refractivity contribution in [1.82, 2.24) is 10.3 Å². The number of anilines is 1. The maximum absolute atomic E-state index is 12.6. The second-order valence-corrected chi connectivity index (χ2v) is 6.95. The van der Waals surface area contributed by atoms with Crippen LogP contribution in [0.3, 0.4) is 0 Å². The summed E-state index contributed by atoms with van der Waals surface area (Å²) in [5.74, 6) is 1.30. The summed E-state index contributed by atoms with van der Waals surface area (Å²) >= 11 is 5.99. The summed E-state index contributed by atoms with van der Waals surface area (Å²) in [4.78, 5) is 18.8. The van der Waals surface area contributed by atoms with Gasteiger partial charge in [0.2, 0.25) is 0 Å². The Hall–Kier alpha value is -3.05. The molecule has 0 atom stereocenters. The molecule has 0 saturated heterocycles. The van der Waals surface area contributed by atoms with E-state index in [0.717, 1.165) is 16.9 Å². The second-order valence-electron chi connectivity index (χ2n) is 6.51. The van der Waals surface area contributed by atoms with Gasteiger partial charge in [0.1, 0.15) is 18.2 Å². The van der Waals surface area contributed by atoms with Gasteiger partial charge in [-0.1, -0.05) is 35.9 Å². The number of benzene rings is 2. The molecule has 0 fully saturated rings. The van der Waals surface area contributed by atoms with Gasteiger partial charge < -0.3 is 15.0 Å². The third-order valence-corrected chi connectivity index (χ3v) is 4.36. The van der Waals surface area contributed by atoms with E-state index in [1.807, 2.05) is 61.5 Å². The van der Waals surface area contributed by atoms with Gasteiger partial charge >= 0.3 is 0 Å². The molecule has 0 aliphatic heterocycles. The first-order chi connectivity index (χ1) is 13.5. The third kappa shape index (κ3) is 5.24. The van der Waals surface area contributed by atoms with E-state index in [-0.39, 0.29) is 5.91 Å². The number of nitrogens with zero attached hydrogens (tertiary/aromatic N) is 2. The lowest BCUT2D eigenvalue weighted by molar-refractivity contribution is 0.0950. The van der Waals surface area contributed by atoms with E-state index in [2.05, 4.69) is 10.3 Å². The molecule has 0 unspecified atom stereocenters. The number of pyridine rings is 1. The van der Waals surface area contributed by atoms with Gasteiger partial charge in [0.25, 0.3) is 5.91 Å². The van der Waals surface area contributed by atoms with E-state index < -0.39 is 0 Å². The van der Waals surface area contributed by atoms with Crippen LogP contribution in [0.1, 0.15) is 21.5 Å². The molecule has 0 aliphatic rings. The van der Waals surface area contributed by atoms with Crippen molar-refractivity contribution in [3.8, 4) is 5.75 Å². The molecule has 0 radical (unpaired) electrons. The van der Waals surface area contributed by atoms with Crippen LogP contribution in [-0.2, 0) is 13.2 Å². The van der Waals surface area contributed by atoms with Crippen LogP contribution < -0.4 is 15.0 Å². The largest absolute Gasteiger partial charge is 0.489 e. The molecule has 1 heterocycles. The van der Waals surface area contributed by atoms with Gasteiger partial charge in [0, 0.05) is 43.0 Å².